The fourth-order valence-electron chi connectivity index (χ4n) is 2.94. The van der Waals surface area contributed by atoms with Gasteiger partial charge in [-0.25, -0.2) is 0 Å². The molecule has 2 aliphatic heterocycles. The summed E-state index contributed by atoms with van der Waals surface area (Å²) in [7, 11) is 0. The first-order valence-corrected chi connectivity index (χ1v) is 8.14. The van der Waals surface area contributed by atoms with Gasteiger partial charge in [-0.15, -0.1) is 0 Å². The molecule has 1 aromatic rings. The molecule has 0 bridgehead atoms. The molecule has 0 aliphatic carbocycles. The van der Waals surface area contributed by atoms with Gasteiger partial charge in [0.05, 0.1) is 18.2 Å². The number of benzene rings is 1. The van der Waals surface area contributed by atoms with Crippen molar-refractivity contribution in [3.8, 4) is 11.5 Å². The molecule has 116 valence electrons. The van der Waals surface area contributed by atoms with E-state index in [-0.39, 0.29) is 0 Å². The maximum absolute atomic E-state index is 6.38. The average molecular weight is 311 g/mol. The van der Waals surface area contributed by atoms with Gasteiger partial charge < -0.3 is 19.7 Å². The molecule has 0 spiro atoms. The topological polar surface area (TPSA) is 33.7 Å². The summed E-state index contributed by atoms with van der Waals surface area (Å²) in [5.41, 5.74) is 2.44. The van der Waals surface area contributed by atoms with E-state index in [2.05, 4.69) is 17.1 Å². The quantitative estimate of drug-likeness (QED) is 0.928. The van der Waals surface area contributed by atoms with Crippen molar-refractivity contribution in [2.45, 2.75) is 19.8 Å². The van der Waals surface area contributed by atoms with E-state index in [4.69, 9.17) is 21.1 Å². The van der Waals surface area contributed by atoms with Crippen LogP contribution in [0.2, 0.25) is 5.02 Å². The predicted molar refractivity (Wildman–Crippen MR) is 84.8 cm³/mol. The molecule has 0 aromatic heterocycles. The highest BCUT2D eigenvalue weighted by molar-refractivity contribution is 6.32. The first-order chi connectivity index (χ1) is 10.3. The molecule has 4 nitrogen and oxygen atoms in total. The SMILES string of the molecule is Cc1c(CCN2CCNCC2)cc(Cl)c2c1OCCCO2. The molecule has 0 amide bonds. The first-order valence-electron chi connectivity index (χ1n) is 7.76. The Labute approximate surface area is 131 Å². The Morgan fingerprint density at radius 3 is 2.67 bits per heavy atom. The molecule has 2 heterocycles. The maximum Gasteiger partial charge on any atom is 0.180 e. The van der Waals surface area contributed by atoms with Crippen molar-refractivity contribution in [2.24, 2.45) is 0 Å². The Balaban J connectivity index is 1.75. The van der Waals surface area contributed by atoms with Gasteiger partial charge in [0.25, 0.3) is 0 Å². The zero-order valence-electron chi connectivity index (χ0n) is 12.6. The summed E-state index contributed by atoms with van der Waals surface area (Å²) < 4.78 is 11.6. The third kappa shape index (κ3) is 3.44. The van der Waals surface area contributed by atoms with E-state index in [1.54, 1.807) is 0 Å². The molecule has 0 atom stereocenters. The third-order valence-electron chi connectivity index (χ3n) is 4.23. The largest absolute Gasteiger partial charge is 0.489 e. The second kappa shape index (κ2) is 6.86. The van der Waals surface area contributed by atoms with E-state index in [0.29, 0.717) is 18.2 Å². The van der Waals surface area contributed by atoms with Crippen molar-refractivity contribution in [3.63, 3.8) is 0 Å². The van der Waals surface area contributed by atoms with Crippen molar-refractivity contribution in [3.05, 3.63) is 22.2 Å². The van der Waals surface area contributed by atoms with E-state index in [1.165, 1.54) is 11.1 Å². The van der Waals surface area contributed by atoms with Crippen LogP contribution in [0.1, 0.15) is 17.5 Å². The molecule has 1 fully saturated rings. The maximum atomic E-state index is 6.38. The molecule has 0 unspecified atom stereocenters. The number of hydrogen-bond acceptors (Lipinski definition) is 4. The van der Waals surface area contributed by atoms with Gasteiger partial charge >= 0.3 is 0 Å². The summed E-state index contributed by atoms with van der Waals surface area (Å²) in [6, 6.07) is 2.05. The zero-order valence-corrected chi connectivity index (χ0v) is 13.3. The molecule has 0 saturated carbocycles. The van der Waals surface area contributed by atoms with Crippen LogP contribution in [0.3, 0.4) is 0 Å². The van der Waals surface area contributed by atoms with Crippen molar-refractivity contribution in [1.82, 2.24) is 10.2 Å². The number of rotatable bonds is 3. The van der Waals surface area contributed by atoms with Crippen LogP contribution in [-0.2, 0) is 6.42 Å². The van der Waals surface area contributed by atoms with E-state index in [1.807, 2.05) is 6.07 Å². The fourth-order valence-corrected chi connectivity index (χ4v) is 3.21. The van der Waals surface area contributed by atoms with Crippen molar-refractivity contribution >= 4 is 11.6 Å². The molecular weight excluding hydrogens is 288 g/mol. The highest BCUT2D eigenvalue weighted by Gasteiger charge is 2.20. The van der Waals surface area contributed by atoms with Crippen LogP contribution < -0.4 is 14.8 Å². The summed E-state index contributed by atoms with van der Waals surface area (Å²) in [5, 5.41) is 4.06. The van der Waals surface area contributed by atoms with Crippen LogP contribution in [0.4, 0.5) is 0 Å². The van der Waals surface area contributed by atoms with Gasteiger partial charge in [-0.1, -0.05) is 11.6 Å². The van der Waals surface area contributed by atoms with Gasteiger partial charge in [0.15, 0.2) is 11.5 Å². The minimum Gasteiger partial charge on any atom is -0.489 e. The average Bonchev–Trinajstić information content (AvgIpc) is 2.77. The number of nitrogens with zero attached hydrogens (tertiary/aromatic N) is 1. The number of nitrogens with one attached hydrogen (secondary N) is 1. The lowest BCUT2D eigenvalue weighted by molar-refractivity contribution is 0.243. The lowest BCUT2D eigenvalue weighted by Gasteiger charge is -2.27. The van der Waals surface area contributed by atoms with Crippen LogP contribution in [-0.4, -0.2) is 50.8 Å². The molecule has 2 aliphatic rings. The van der Waals surface area contributed by atoms with E-state index >= 15 is 0 Å². The summed E-state index contributed by atoms with van der Waals surface area (Å²) in [5.74, 6) is 1.56. The minimum atomic E-state index is 0.673. The van der Waals surface area contributed by atoms with Crippen LogP contribution in [0.15, 0.2) is 6.07 Å². The van der Waals surface area contributed by atoms with Crippen LogP contribution in [0, 0.1) is 6.92 Å². The van der Waals surface area contributed by atoms with E-state index in [9.17, 15) is 0 Å². The van der Waals surface area contributed by atoms with Gasteiger partial charge in [-0.3, -0.25) is 0 Å². The van der Waals surface area contributed by atoms with Crippen LogP contribution in [0.25, 0.3) is 0 Å². The predicted octanol–water partition coefficient (Wildman–Crippen LogP) is 2.26. The summed E-state index contributed by atoms with van der Waals surface area (Å²) in [4.78, 5) is 2.49. The number of fused-ring (bicyclic) bond motifs is 1. The van der Waals surface area contributed by atoms with Gasteiger partial charge in [-0.2, -0.15) is 0 Å². The number of piperazine rings is 1. The Morgan fingerprint density at radius 2 is 1.90 bits per heavy atom. The molecule has 5 heteroatoms. The van der Waals surface area contributed by atoms with Crippen molar-refractivity contribution in [2.75, 3.05) is 45.9 Å². The Kier molecular flexibility index (Phi) is 4.88. The highest BCUT2D eigenvalue weighted by Crippen LogP contribution is 2.41. The number of hydrogen-bond donors (Lipinski definition) is 1. The molecule has 1 N–H and O–H groups in total. The van der Waals surface area contributed by atoms with Gasteiger partial charge in [0, 0.05) is 39.1 Å². The van der Waals surface area contributed by atoms with E-state index in [0.717, 1.165) is 57.1 Å². The minimum absolute atomic E-state index is 0.673. The molecule has 1 saturated heterocycles. The molecule has 1 aromatic carbocycles. The smallest absolute Gasteiger partial charge is 0.180 e. The molecular formula is C16H23ClN2O2. The Morgan fingerprint density at radius 1 is 1.19 bits per heavy atom. The highest BCUT2D eigenvalue weighted by atomic mass is 35.5. The number of ether oxygens (including phenoxy) is 2. The normalized spacial score (nSPS) is 19.3. The monoisotopic (exact) mass is 310 g/mol. The second-order valence-corrected chi connectivity index (χ2v) is 6.10. The zero-order chi connectivity index (χ0) is 14.7. The van der Waals surface area contributed by atoms with Crippen molar-refractivity contribution in [1.29, 1.82) is 0 Å². The standard InChI is InChI=1S/C16H23ClN2O2/c1-12-13(3-6-19-7-4-18-5-8-19)11-14(17)16-15(12)20-9-2-10-21-16/h11,18H,2-10H2,1H3. The third-order valence-corrected chi connectivity index (χ3v) is 4.52. The van der Waals surface area contributed by atoms with Crippen LogP contribution >= 0.6 is 11.6 Å². The van der Waals surface area contributed by atoms with Gasteiger partial charge in [0.2, 0.25) is 0 Å². The van der Waals surface area contributed by atoms with Gasteiger partial charge in [0.1, 0.15) is 0 Å². The Bertz CT molecular complexity index is 502. The van der Waals surface area contributed by atoms with Gasteiger partial charge in [-0.05, 0) is 30.5 Å². The van der Waals surface area contributed by atoms with E-state index < -0.39 is 0 Å². The molecule has 3 rings (SSSR count). The molecule has 21 heavy (non-hydrogen) atoms. The fraction of sp³-hybridized carbons (Fsp3) is 0.625. The Hall–Kier alpha value is -0.970. The lowest BCUT2D eigenvalue weighted by atomic mass is 10.0. The van der Waals surface area contributed by atoms with Crippen LogP contribution in [0.5, 0.6) is 11.5 Å². The summed E-state index contributed by atoms with van der Waals surface area (Å²) in [6.45, 7) is 8.96. The van der Waals surface area contributed by atoms with Crippen molar-refractivity contribution < 1.29 is 9.47 Å². The summed E-state index contributed by atoms with van der Waals surface area (Å²) in [6.07, 6.45) is 1.91. The summed E-state index contributed by atoms with van der Waals surface area (Å²) >= 11 is 6.38. The lowest BCUT2D eigenvalue weighted by Crippen LogP contribution is -2.44. The number of halogens is 1. The first kappa shape index (κ1) is 14.9. The molecule has 0 radical (unpaired) electrons. The second-order valence-electron chi connectivity index (χ2n) is 5.69.